The van der Waals surface area contributed by atoms with Crippen molar-refractivity contribution < 1.29 is 4.74 Å². The summed E-state index contributed by atoms with van der Waals surface area (Å²) in [6.45, 7) is 1.90. The van der Waals surface area contributed by atoms with E-state index in [0.29, 0.717) is 12.2 Å². The Kier molecular flexibility index (Phi) is 4.74. The van der Waals surface area contributed by atoms with Crippen molar-refractivity contribution in [2.75, 3.05) is 18.0 Å². The predicted octanol–water partition coefficient (Wildman–Crippen LogP) is 2.98. The monoisotopic (exact) mass is 327 g/mol. The van der Waals surface area contributed by atoms with Gasteiger partial charge in [-0.05, 0) is 48.2 Å². The maximum absolute atomic E-state index is 6.33. The van der Waals surface area contributed by atoms with Crippen LogP contribution in [-0.4, -0.2) is 45.5 Å². The number of ether oxygens (including phenoxy) is 1. The van der Waals surface area contributed by atoms with Crippen LogP contribution in [0.25, 0.3) is 5.69 Å². The first kappa shape index (κ1) is 15.6. The maximum Gasteiger partial charge on any atom is 0.250 e. The van der Waals surface area contributed by atoms with Gasteiger partial charge in [0.15, 0.2) is 0 Å². The Balaban J connectivity index is 1.37. The van der Waals surface area contributed by atoms with Gasteiger partial charge in [0.1, 0.15) is 0 Å². The van der Waals surface area contributed by atoms with Crippen molar-refractivity contribution in [3.63, 3.8) is 0 Å². The number of tetrazole rings is 1. The zero-order chi connectivity index (χ0) is 16.2. The molecule has 0 amide bonds. The lowest BCUT2D eigenvalue weighted by atomic mass is 9.97. The van der Waals surface area contributed by atoms with Crippen molar-refractivity contribution in [1.82, 2.24) is 20.2 Å². The predicted molar refractivity (Wildman–Crippen MR) is 92.3 cm³/mol. The van der Waals surface area contributed by atoms with E-state index in [0.717, 1.165) is 37.6 Å². The number of nitrogens with zero attached hydrogens (tertiary/aromatic N) is 5. The molecule has 2 aromatic rings. The molecule has 128 valence electrons. The van der Waals surface area contributed by atoms with E-state index in [-0.39, 0.29) is 0 Å². The number of benzene rings is 1. The van der Waals surface area contributed by atoms with Crippen molar-refractivity contribution in [1.29, 1.82) is 0 Å². The molecular formula is C18H25N5O. The fourth-order valence-electron chi connectivity index (χ4n) is 3.78. The van der Waals surface area contributed by atoms with Gasteiger partial charge in [-0.2, -0.15) is 4.68 Å². The molecule has 2 aliphatic rings. The lowest BCUT2D eigenvalue weighted by Gasteiger charge is -2.35. The van der Waals surface area contributed by atoms with E-state index in [1.54, 1.807) is 0 Å². The van der Waals surface area contributed by atoms with Gasteiger partial charge in [-0.1, -0.05) is 42.6 Å². The fourth-order valence-corrected chi connectivity index (χ4v) is 3.78. The molecule has 1 aliphatic heterocycles. The summed E-state index contributed by atoms with van der Waals surface area (Å²) < 4.78 is 8.15. The molecule has 24 heavy (non-hydrogen) atoms. The van der Waals surface area contributed by atoms with Crippen LogP contribution >= 0.6 is 0 Å². The molecule has 0 spiro atoms. The van der Waals surface area contributed by atoms with Crippen LogP contribution in [0.1, 0.15) is 44.9 Å². The standard InChI is InChI=1S/C18H25N5O/c1-3-7-15(8-4-1)23-18(19-20-21-23)22-13-11-17(12-14-22)24-16-9-5-2-6-10-16/h1,3-4,7-8,16-17H,2,5-6,9-14H2. The molecule has 4 rings (SSSR count). The van der Waals surface area contributed by atoms with E-state index in [9.17, 15) is 0 Å². The molecule has 2 heterocycles. The van der Waals surface area contributed by atoms with Crippen LogP contribution in [0.2, 0.25) is 0 Å². The van der Waals surface area contributed by atoms with E-state index < -0.39 is 0 Å². The average molecular weight is 327 g/mol. The van der Waals surface area contributed by atoms with Gasteiger partial charge in [0.25, 0.3) is 0 Å². The van der Waals surface area contributed by atoms with Gasteiger partial charge < -0.3 is 9.64 Å². The Bertz CT molecular complexity index is 630. The summed E-state index contributed by atoms with van der Waals surface area (Å²) in [7, 11) is 0. The molecule has 0 N–H and O–H groups in total. The molecule has 0 radical (unpaired) electrons. The second-order valence-corrected chi connectivity index (χ2v) is 6.81. The molecule has 1 saturated carbocycles. The number of piperidine rings is 1. The molecular weight excluding hydrogens is 302 g/mol. The third-order valence-electron chi connectivity index (χ3n) is 5.12. The van der Waals surface area contributed by atoms with Crippen LogP contribution in [0.5, 0.6) is 0 Å². The number of aromatic nitrogens is 4. The molecule has 6 nitrogen and oxygen atoms in total. The summed E-state index contributed by atoms with van der Waals surface area (Å²) in [6, 6.07) is 10.1. The molecule has 2 fully saturated rings. The summed E-state index contributed by atoms with van der Waals surface area (Å²) >= 11 is 0. The first-order valence-electron chi connectivity index (χ1n) is 9.14. The van der Waals surface area contributed by atoms with Crippen molar-refractivity contribution in [3.05, 3.63) is 30.3 Å². The number of hydrogen-bond donors (Lipinski definition) is 0. The second-order valence-electron chi connectivity index (χ2n) is 6.81. The molecule has 1 aromatic heterocycles. The minimum Gasteiger partial charge on any atom is -0.375 e. The van der Waals surface area contributed by atoms with Crippen LogP contribution in [0.3, 0.4) is 0 Å². The van der Waals surface area contributed by atoms with Gasteiger partial charge in [0, 0.05) is 13.1 Å². The summed E-state index contributed by atoms with van der Waals surface area (Å²) in [6.07, 6.45) is 9.51. The fraction of sp³-hybridized carbons (Fsp3) is 0.611. The Morgan fingerprint density at radius 1 is 0.875 bits per heavy atom. The zero-order valence-corrected chi connectivity index (χ0v) is 14.0. The molecule has 6 heteroatoms. The minimum absolute atomic E-state index is 0.394. The van der Waals surface area contributed by atoms with Crippen LogP contribution in [0.4, 0.5) is 5.95 Å². The number of anilines is 1. The molecule has 1 aliphatic carbocycles. The van der Waals surface area contributed by atoms with Crippen molar-refractivity contribution >= 4 is 5.95 Å². The topological polar surface area (TPSA) is 56.1 Å². The Hall–Kier alpha value is -1.95. The minimum atomic E-state index is 0.394. The van der Waals surface area contributed by atoms with E-state index in [4.69, 9.17) is 4.74 Å². The van der Waals surface area contributed by atoms with Crippen LogP contribution in [0.15, 0.2) is 30.3 Å². The highest BCUT2D eigenvalue weighted by molar-refractivity contribution is 5.40. The van der Waals surface area contributed by atoms with Gasteiger partial charge in [0.2, 0.25) is 5.95 Å². The average Bonchev–Trinajstić information content (AvgIpc) is 3.14. The van der Waals surface area contributed by atoms with Gasteiger partial charge >= 0.3 is 0 Å². The SMILES string of the molecule is c1ccc(-n2nnnc2N2CCC(OC3CCCCC3)CC2)cc1. The van der Waals surface area contributed by atoms with Crippen LogP contribution in [-0.2, 0) is 4.74 Å². The summed E-state index contributed by atoms with van der Waals surface area (Å²) in [4.78, 5) is 2.27. The maximum atomic E-state index is 6.33. The van der Waals surface area contributed by atoms with Crippen molar-refractivity contribution in [2.24, 2.45) is 0 Å². The molecule has 0 bridgehead atoms. The van der Waals surface area contributed by atoms with Crippen LogP contribution < -0.4 is 4.90 Å². The summed E-state index contributed by atoms with van der Waals surface area (Å²) in [5, 5.41) is 12.3. The third kappa shape index (κ3) is 3.43. The summed E-state index contributed by atoms with van der Waals surface area (Å²) in [5.41, 5.74) is 0.998. The van der Waals surface area contributed by atoms with Crippen molar-refractivity contribution in [3.8, 4) is 5.69 Å². The van der Waals surface area contributed by atoms with E-state index >= 15 is 0 Å². The lowest BCUT2D eigenvalue weighted by Crippen LogP contribution is -2.40. The molecule has 0 unspecified atom stereocenters. The second kappa shape index (κ2) is 7.30. The Morgan fingerprint density at radius 3 is 2.33 bits per heavy atom. The van der Waals surface area contributed by atoms with E-state index in [1.807, 2.05) is 35.0 Å². The quantitative estimate of drug-likeness (QED) is 0.864. The highest BCUT2D eigenvalue weighted by Crippen LogP contribution is 2.26. The lowest BCUT2D eigenvalue weighted by molar-refractivity contribution is -0.0396. The Morgan fingerprint density at radius 2 is 1.58 bits per heavy atom. The van der Waals surface area contributed by atoms with Gasteiger partial charge in [-0.3, -0.25) is 0 Å². The van der Waals surface area contributed by atoms with E-state index in [1.165, 1.54) is 32.1 Å². The highest BCUT2D eigenvalue weighted by Gasteiger charge is 2.26. The largest absolute Gasteiger partial charge is 0.375 e. The number of rotatable bonds is 4. The first-order chi connectivity index (χ1) is 11.9. The molecule has 0 atom stereocenters. The smallest absolute Gasteiger partial charge is 0.250 e. The summed E-state index contributed by atoms with van der Waals surface area (Å²) in [5.74, 6) is 0.831. The third-order valence-corrected chi connectivity index (χ3v) is 5.12. The van der Waals surface area contributed by atoms with Gasteiger partial charge in [-0.15, -0.1) is 0 Å². The van der Waals surface area contributed by atoms with Gasteiger partial charge in [0.05, 0.1) is 17.9 Å². The van der Waals surface area contributed by atoms with Gasteiger partial charge in [-0.25, -0.2) is 0 Å². The molecule has 1 saturated heterocycles. The number of hydrogen-bond acceptors (Lipinski definition) is 5. The Labute approximate surface area is 142 Å². The molecule has 1 aromatic carbocycles. The zero-order valence-electron chi connectivity index (χ0n) is 14.0. The van der Waals surface area contributed by atoms with Crippen molar-refractivity contribution in [2.45, 2.75) is 57.2 Å². The highest BCUT2D eigenvalue weighted by atomic mass is 16.5. The van der Waals surface area contributed by atoms with Crippen LogP contribution in [0, 0.1) is 0 Å². The normalized spacial score (nSPS) is 20.4. The first-order valence-corrected chi connectivity index (χ1v) is 9.14. The number of para-hydroxylation sites is 1. The van der Waals surface area contributed by atoms with E-state index in [2.05, 4.69) is 20.4 Å².